The van der Waals surface area contributed by atoms with Crippen molar-refractivity contribution in [1.29, 1.82) is 0 Å². The van der Waals surface area contributed by atoms with Gasteiger partial charge in [-0.3, -0.25) is 9.69 Å². The number of carbonyl (C=O) groups is 1. The van der Waals surface area contributed by atoms with Crippen molar-refractivity contribution >= 4 is 5.91 Å². The first-order valence-corrected chi connectivity index (χ1v) is 8.90. The van der Waals surface area contributed by atoms with Gasteiger partial charge < -0.3 is 10.0 Å². The number of piperidine rings is 2. The van der Waals surface area contributed by atoms with Crippen molar-refractivity contribution in [1.82, 2.24) is 9.80 Å². The predicted molar refractivity (Wildman–Crippen MR) is 89.6 cm³/mol. The topological polar surface area (TPSA) is 43.8 Å². The van der Waals surface area contributed by atoms with Crippen LogP contribution in [0.1, 0.15) is 45.4 Å². The van der Waals surface area contributed by atoms with E-state index in [1.807, 2.05) is 6.08 Å². The molecule has 0 aliphatic carbocycles. The zero-order valence-electron chi connectivity index (χ0n) is 14.0. The lowest BCUT2D eigenvalue weighted by Crippen LogP contribution is -2.48. The number of nitrogens with zero attached hydrogens (tertiary/aromatic N) is 2. The van der Waals surface area contributed by atoms with Gasteiger partial charge >= 0.3 is 0 Å². The quantitative estimate of drug-likeness (QED) is 0.766. The second kappa shape index (κ2) is 8.68. The van der Waals surface area contributed by atoms with Gasteiger partial charge in [0, 0.05) is 26.2 Å². The van der Waals surface area contributed by atoms with Crippen molar-refractivity contribution in [3.8, 4) is 0 Å². The Bertz CT molecular complexity index is 364. The molecule has 2 rings (SSSR count). The summed E-state index contributed by atoms with van der Waals surface area (Å²) in [6.45, 7) is 10.3. The van der Waals surface area contributed by atoms with Gasteiger partial charge in [0.25, 0.3) is 0 Å². The molecule has 2 heterocycles. The second-order valence-corrected chi connectivity index (χ2v) is 7.13. The first kappa shape index (κ1) is 17.5. The summed E-state index contributed by atoms with van der Waals surface area (Å²) >= 11 is 0. The highest BCUT2D eigenvalue weighted by Crippen LogP contribution is 2.23. The summed E-state index contributed by atoms with van der Waals surface area (Å²) in [5, 5.41) is 10.1. The lowest BCUT2D eigenvalue weighted by Gasteiger charge is -2.37. The van der Waals surface area contributed by atoms with Gasteiger partial charge in [-0.15, -0.1) is 6.58 Å². The Balaban J connectivity index is 1.79. The molecule has 0 radical (unpaired) electrons. The first-order chi connectivity index (χ1) is 10.6. The third-order valence-electron chi connectivity index (χ3n) is 5.12. The normalized spacial score (nSPS) is 25.9. The highest BCUT2D eigenvalue weighted by Gasteiger charge is 2.31. The van der Waals surface area contributed by atoms with Crippen LogP contribution in [0.5, 0.6) is 0 Å². The molecule has 0 unspecified atom stereocenters. The summed E-state index contributed by atoms with van der Waals surface area (Å²) < 4.78 is 0. The van der Waals surface area contributed by atoms with E-state index in [0.29, 0.717) is 12.5 Å². The Kier molecular flexibility index (Phi) is 6.90. The molecule has 0 aromatic rings. The number of β-amino-alcohol motifs (C(OH)–C–C–N with tert-alkyl or cyclic N) is 1. The van der Waals surface area contributed by atoms with Crippen LogP contribution in [0, 0.1) is 11.8 Å². The summed E-state index contributed by atoms with van der Waals surface area (Å²) in [6.07, 6.45) is 7.52. The summed E-state index contributed by atoms with van der Waals surface area (Å²) in [6, 6.07) is 0. The minimum Gasteiger partial charge on any atom is -0.392 e. The van der Waals surface area contributed by atoms with Gasteiger partial charge in [0.2, 0.25) is 5.91 Å². The van der Waals surface area contributed by atoms with Gasteiger partial charge in [0.15, 0.2) is 0 Å². The maximum absolute atomic E-state index is 12.7. The molecule has 4 nitrogen and oxygen atoms in total. The van der Waals surface area contributed by atoms with Crippen molar-refractivity contribution in [2.45, 2.75) is 51.6 Å². The van der Waals surface area contributed by atoms with Crippen LogP contribution in [0.3, 0.4) is 0 Å². The van der Waals surface area contributed by atoms with E-state index in [-0.39, 0.29) is 12.0 Å². The van der Waals surface area contributed by atoms with Gasteiger partial charge in [0.05, 0.1) is 12.0 Å². The van der Waals surface area contributed by atoms with Crippen LogP contribution in [0.4, 0.5) is 0 Å². The van der Waals surface area contributed by atoms with E-state index in [1.54, 1.807) is 0 Å². The molecule has 1 N–H and O–H groups in total. The minimum absolute atomic E-state index is 0.133. The van der Waals surface area contributed by atoms with Crippen LogP contribution in [0.2, 0.25) is 0 Å². The smallest absolute Gasteiger partial charge is 0.226 e. The van der Waals surface area contributed by atoms with E-state index in [1.165, 1.54) is 0 Å². The van der Waals surface area contributed by atoms with Crippen LogP contribution in [0.25, 0.3) is 0 Å². The highest BCUT2D eigenvalue weighted by molar-refractivity contribution is 5.79. The molecule has 0 aromatic carbocycles. The second-order valence-electron chi connectivity index (χ2n) is 7.13. The molecule has 4 heteroatoms. The molecule has 0 spiro atoms. The van der Waals surface area contributed by atoms with E-state index in [4.69, 9.17) is 0 Å². The average Bonchev–Trinajstić information content (AvgIpc) is 2.53. The minimum atomic E-state index is -0.303. The molecule has 0 bridgehead atoms. The first-order valence-electron chi connectivity index (χ1n) is 8.90. The van der Waals surface area contributed by atoms with Gasteiger partial charge in [-0.25, -0.2) is 0 Å². The van der Waals surface area contributed by atoms with Crippen molar-refractivity contribution in [3.63, 3.8) is 0 Å². The summed E-state index contributed by atoms with van der Waals surface area (Å²) in [4.78, 5) is 17.0. The van der Waals surface area contributed by atoms with Crippen LogP contribution >= 0.6 is 0 Å². The van der Waals surface area contributed by atoms with Gasteiger partial charge in [0.1, 0.15) is 0 Å². The largest absolute Gasteiger partial charge is 0.392 e. The van der Waals surface area contributed by atoms with E-state index < -0.39 is 0 Å². The van der Waals surface area contributed by atoms with E-state index in [2.05, 4.69) is 23.3 Å². The predicted octanol–water partition coefficient (Wildman–Crippen LogP) is 2.28. The van der Waals surface area contributed by atoms with E-state index >= 15 is 0 Å². The number of aliphatic hydroxyl groups excluding tert-OH is 1. The fraction of sp³-hybridized carbons (Fsp3) is 0.833. The molecule has 2 fully saturated rings. The number of amides is 1. The molecule has 22 heavy (non-hydrogen) atoms. The molecule has 1 amide bonds. The summed E-state index contributed by atoms with van der Waals surface area (Å²) in [5.74, 6) is 1.23. The average molecular weight is 308 g/mol. The molecule has 0 saturated carbocycles. The van der Waals surface area contributed by atoms with Crippen molar-refractivity contribution < 1.29 is 9.90 Å². The van der Waals surface area contributed by atoms with Crippen LogP contribution in [-0.2, 0) is 4.79 Å². The third-order valence-corrected chi connectivity index (χ3v) is 5.12. The molecule has 2 saturated heterocycles. The molecule has 2 atom stereocenters. The molecule has 2 aliphatic heterocycles. The maximum Gasteiger partial charge on any atom is 0.226 e. The van der Waals surface area contributed by atoms with E-state index in [9.17, 15) is 9.90 Å². The Morgan fingerprint density at radius 1 is 1.32 bits per heavy atom. The van der Waals surface area contributed by atoms with Crippen molar-refractivity contribution in [3.05, 3.63) is 12.7 Å². The number of hydrogen-bond acceptors (Lipinski definition) is 3. The number of carbonyl (C=O) groups excluding carboxylic acids is 1. The van der Waals surface area contributed by atoms with Crippen LogP contribution in [0.15, 0.2) is 12.7 Å². The maximum atomic E-state index is 12.7. The number of aliphatic hydroxyl groups is 1. The fourth-order valence-electron chi connectivity index (χ4n) is 3.61. The third kappa shape index (κ3) is 5.10. The van der Waals surface area contributed by atoms with Crippen molar-refractivity contribution in [2.24, 2.45) is 11.8 Å². The Morgan fingerprint density at radius 2 is 2.05 bits per heavy atom. The molecule has 126 valence electrons. The molecule has 0 aromatic heterocycles. The Labute approximate surface area is 135 Å². The SMILES string of the molecule is C=CCC[C@H](O)CN1CCC[C@@H](C(=O)N2CCC(C)CC2)C1. The Hall–Kier alpha value is -0.870. The summed E-state index contributed by atoms with van der Waals surface area (Å²) in [7, 11) is 0. The lowest BCUT2D eigenvalue weighted by atomic mass is 9.93. The van der Waals surface area contributed by atoms with Gasteiger partial charge in [-0.2, -0.15) is 0 Å². The van der Waals surface area contributed by atoms with Crippen molar-refractivity contribution in [2.75, 3.05) is 32.7 Å². The Morgan fingerprint density at radius 3 is 2.73 bits per heavy atom. The highest BCUT2D eigenvalue weighted by atomic mass is 16.3. The van der Waals surface area contributed by atoms with E-state index in [0.717, 1.165) is 70.6 Å². The summed E-state index contributed by atoms with van der Waals surface area (Å²) in [5.41, 5.74) is 0. The molecule has 2 aliphatic rings. The van der Waals surface area contributed by atoms with Crippen LogP contribution < -0.4 is 0 Å². The zero-order valence-corrected chi connectivity index (χ0v) is 14.0. The lowest BCUT2D eigenvalue weighted by molar-refractivity contribution is -0.138. The molecular weight excluding hydrogens is 276 g/mol. The fourth-order valence-corrected chi connectivity index (χ4v) is 3.61. The molecular formula is C18H32N2O2. The number of hydrogen-bond donors (Lipinski definition) is 1. The monoisotopic (exact) mass is 308 g/mol. The van der Waals surface area contributed by atoms with Crippen LogP contribution in [-0.4, -0.2) is 59.6 Å². The van der Waals surface area contributed by atoms with Gasteiger partial charge in [-0.05, 0) is 51.0 Å². The zero-order chi connectivity index (χ0) is 15.9. The standard InChI is InChI=1S/C18H32N2O2/c1-3-4-7-17(21)14-19-10-5-6-16(13-19)18(22)20-11-8-15(2)9-12-20/h3,15-17,21H,1,4-14H2,2H3/t16-,17+/m1/s1. The number of rotatable bonds is 6. The number of likely N-dealkylation sites (tertiary alicyclic amines) is 2. The number of allylic oxidation sites excluding steroid dienone is 1. The van der Waals surface area contributed by atoms with Gasteiger partial charge in [-0.1, -0.05) is 13.0 Å².